The van der Waals surface area contributed by atoms with Gasteiger partial charge in [-0.15, -0.1) is 0 Å². The Morgan fingerprint density at radius 2 is 1.95 bits per heavy atom. The zero-order valence-electron chi connectivity index (χ0n) is 11.8. The monoisotopic (exact) mass is 259 g/mol. The highest BCUT2D eigenvalue weighted by atomic mass is 16.5. The van der Waals surface area contributed by atoms with Gasteiger partial charge in [-0.25, -0.2) is 0 Å². The Hall–Kier alpha value is -1.68. The molecule has 0 aliphatic heterocycles. The molecule has 0 aliphatic carbocycles. The van der Waals surface area contributed by atoms with E-state index in [1.807, 2.05) is 18.2 Å². The summed E-state index contributed by atoms with van der Waals surface area (Å²) in [6, 6.07) is 10.7. The molecule has 1 unspecified atom stereocenters. The standard InChI is InChI=1S/C15H21N3O/c1-4-13(12-8-6-5-7-9-12)15-17-14(18-19-15)10-16-11(2)3/h5-9,11,13,16H,4,10H2,1-3H3. The quantitative estimate of drug-likeness (QED) is 0.866. The van der Waals surface area contributed by atoms with E-state index >= 15 is 0 Å². The third-order valence-electron chi connectivity index (χ3n) is 3.06. The Bertz CT molecular complexity index is 493. The molecule has 1 atom stereocenters. The van der Waals surface area contributed by atoms with Gasteiger partial charge in [0.05, 0.1) is 12.5 Å². The first-order valence-corrected chi connectivity index (χ1v) is 6.81. The third-order valence-corrected chi connectivity index (χ3v) is 3.06. The highest BCUT2D eigenvalue weighted by Gasteiger charge is 2.18. The Balaban J connectivity index is 2.12. The number of aromatic nitrogens is 2. The van der Waals surface area contributed by atoms with E-state index in [9.17, 15) is 0 Å². The first kappa shape index (κ1) is 13.7. The van der Waals surface area contributed by atoms with E-state index in [0.717, 1.165) is 12.2 Å². The molecule has 0 saturated heterocycles. The van der Waals surface area contributed by atoms with Gasteiger partial charge in [0.15, 0.2) is 5.82 Å². The van der Waals surface area contributed by atoms with E-state index in [-0.39, 0.29) is 5.92 Å². The zero-order chi connectivity index (χ0) is 13.7. The summed E-state index contributed by atoms with van der Waals surface area (Å²) >= 11 is 0. The Morgan fingerprint density at radius 1 is 1.21 bits per heavy atom. The van der Waals surface area contributed by atoms with Crippen LogP contribution in [-0.4, -0.2) is 16.2 Å². The first-order valence-electron chi connectivity index (χ1n) is 6.81. The molecular weight excluding hydrogens is 238 g/mol. The number of rotatable bonds is 6. The van der Waals surface area contributed by atoms with Gasteiger partial charge in [-0.2, -0.15) is 4.98 Å². The predicted octanol–water partition coefficient (Wildman–Crippen LogP) is 3.11. The molecule has 0 bridgehead atoms. The van der Waals surface area contributed by atoms with Gasteiger partial charge in [0.1, 0.15) is 0 Å². The number of benzene rings is 1. The highest BCUT2D eigenvalue weighted by molar-refractivity contribution is 5.24. The topological polar surface area (TPSA) is 51.0 Å². The summed E-state index contributed by atoms with van der Waals surface area (Å²) in [5.74, 6) is 1.61. The number of hydrogen-bond acceptors (Lipinski definition) is 4. The van der Waals surface area contributed by atoms with Crippen LogP contribution in [0.25, 0.3) is 0 Å². The van der Waals surface area contributed by atoms with Crippen molar-refractivity contribution < 1.29 is 4.52 Å². The lowest BCUT2D eigenvalue weighted by Gasteiger charge is -2.09. The lowest BCUT2D eigenvalue weighted by Crippen LogP contribution is -2.22. The van der Waals surface area contributed by atoms with Gasteiger partial charge >= 0.3 is 0 Å². The van der Waals surface area contributed by atoms with Crippen LogP contribution in [0.1, 0.15) is 50.4 Å². The van der Waals surface area contributed by atoms with E-state index in [4.69, 9.17) is 4.52 Å². The van der Waals surface area contributed by atoms with Gasteiger partial charge in [-0.05, 0) is 12.0 Å². The van der Waals surface area contributed by atoms with Crippen molar-refractivity contribution in [2.24, 2.45) is 0 Å². The summed E-state index contributed by atoms with van der Waals surface area (Å²) in [7, 11) is 0. The SMILES string of the molecule is CCC(c1ccccc1)c1nc(CNC(C)C)no1. The molecule has 0 spiro atoms. The van der Waals surface area contributed by atoms with E-state index < -0.39 is 0 Å². The second-order valence-electron chi connectivity index (χ2n) is 4.96. The molecule has 1 N–H and O–H groups in total. The number of hydrogen-bond donors (Lipinski definition) is 1. The molecule has 1 aromatic heterocycles. The van der Waals surface area contributed by atoms with E-state index in [1.54, 1.807) is 0 Å². The summed E-state index contributed by atoms with van der Waals surface area (Å²) < 4.78 is 5.40. The van der Waals surface area contributed by atoms with E-state index in [1.165, 1.54) is 5.56 Å². The molecule has 4 heteroatoms. The predicted molar refractivity (Wildman–Crippen MR) is 74.8 cm³/mol. The second kappa shape index (κ2) is 6.48. The molecule has 0 saturated carbocycles. The van der Waals surface area contributed by atoms with Crippen molar-refractivity contribution in [2.45, 2.75) is 45.7 Å². The van der Waals surface area contributed by atoms with Crippen molar-refractivity contribution in [1.82, 2.24) is 15.5 Å². The smallest absolute Gasteiger partial charge is 0.234 e. The molecule has 0 amide bonds. The van der Waals surface area contributed by atoms with Crippen molar-refractivity contribution in [1.29, 1.82) is 0 Å². The Morgan fingerprint density at radius 3 is 2.58 bits per heavy atom. The fourth-order valence-electron chi connectivity index (χ4n) is 2.01. The van der Waals surface area contributed by atoms with Crippen molar-refractivity contribution in [3.8, 4) is 0 Å². The molecular formula is C15H21N3O. The molecule has 1 heterocycles. The van der Waals surface area contributed by atoms with Crippen LogP contribution in [0.4, 0.5) is 0 Å². The second-order valence-corrected chi connectivity index (χ2v) is 4.96. The van der Waals surface area contributed by atoms with Crippen LogP contribution in [-0.2, 0) is 6.54 Å². The zero-order valence-corrected chi connectivity index (χ0v) is 11.8. The fraction of sp³-hybridized carbons (Fsp3) is 0.467. The summed E-state index contributed by atoms with van der Waals surface area (Å²) in [4.78, 5) is 4.49. The number of nitrogens with zero attached hydrogens (tertiary/aromatic N) is 2. The van der Waals surface area contributed by atoms with Crippen LogP contribution in [0.15, 0.2) is 34.9 Å². The molecule has 2 aromatic rings. The average Bonchev–Trinajstić information content (AvgIpc) is 2.87. The normalized spacial score (nSPS) is 12.8. The maximum Gasteiger partial charge on any atom is 0.234 e. The van der Waals surface area contributed by atoms with Crippen LogP contribution in [0.5, 0.6) is 0 Å². The molecule has 19 heavy (non-hydrogen) atoms. The minimum atomic E-state index is 0.182. The molecule has 102 valence electrons. The average molecular weight is 259 g/mol. The van der Waals surface area contributed by atoms with Gasteiger partial charge < -0.3 is 9.84 Å². The Kier molecular flexibility index (Phi) is 4.68. The summed E-state index contributed by atoms with van der Waals surface area (Å²) in [6.07, 6.45) is 0.948. The number of nitrogens with one attached hydrogen (secondary N) is 1. The van der Waals surface area contributed by atoms with Gasteiger partial charge in [0, 0.05) is 6.04 Å². The van der Waals surface area contributed by atoms with E-state index in [0.29, 0.717) is 18.5 Å². The van der Waals surface area contributed by atoms with Crippen LogP contribution in [0, 0.1) is 0 Å². The van der Waals surface area contributed by atoms with E-state index in [2.05, 4.69) is 48.4 Å². The van der Waals surface area contributed by atoms with Crippen LogP contribution >= 0.6 is 0 Å². The molecule has 1 aromatic carbocycles. The van der Waals surface area contributed by atoms with Crippen molar-refractivity contribution >= 4 is 0 Å². The van der Waals surface area contributed by atoms with Gasteiger partial charge in [-0.3, -0.25) is 0 Å². The van der Waals surface area contributed by atoms with Crippen molar-refractivity contribution in [2.75, 3.05) is 0 Å². The maximum atomic E-state index is 5.40. The summed E-state index contributed by atoms with van der Waals surface area (Å²) in [5.41, 5.74) is 1.22. The van der Waals surface area contributed by atoms with Gasteiger partial charge in [0.2, 0.25) is 5.89 Å². The minimum Gasteiger partial charge on any atom is -0.339 e. The highest BCUT2D eigenvalue weighted by Crippen LogP contribution is 2.26. The minimum absolute atomic E-state index is 0.182. The Labute approximate surface area is 114 Å². The van der Waals surface area contributed by atoms with Crippen LogP contribution in [0.2, 0.25) is 0 Å². The lowest BCUT2D eigenvalue weighted by molar-refractivity contribution is 0.356. The van der Waals surface area contributed by atoms with Gasteiger partial charge in [0.25, 0.3) is 0 Å². The van der Waals surface area contributed by atoms with Crippen LogP contribution in [0.3, 0.4) is 0 Å². The molecule has 0 radical (unpaired) electrons. The fourth-order valence-corrected chi connectivity index (χ4v) is 2.01. The van der Waals surface area contributed by atoms with Gasteiger partial charge in [-0.1, -0.05) is 56.3 Å². The molecule has 2 rings (SSSR count). The molecule has 4 nitrogen and oxygen atoms in total. The van der Waals surface area contributed by atoms with Crippen LogP contribution < -0.4 is 5.32 Å². The van der Waals surface area contributed by atoms with Crippen molar-refractivity contribution in [3.63, 3.8) is 0 Å². The third kappa shape index (κ3) is 3.64. The summed E-state index contributed by atoms with van der Waals surface area (Å²) in [6.45, 7) is 6.97. The molecule has 0 aliphatic rings. The summed E-state index contributed by atoms with van der Waals surface area (Å²) in [5, 5.41) is 7.32. The molecule has 0 fully saturated rings. The first-order chi connectivity index (χ1) is 9.20. The maximum absolute atomic E-state index is 5.40. The van der Waals surface area contributed by atoms with Crippen molar-refractivity contribution in [3.05, 3.63) is 47.6 Å². The largest absolute Gasteiger partial charge is 0.339 e. The lowest BCUT2D eigenvalue weighted by atomic mass is 9.96.